The largest absolute Gasteiger partial charge is 0.503 e. The van der Waals surface area contributed by atoms with Gasteiger partial charge in [0.2, 0.25) is 0 Å². The number of benzene rings is 2. The maximum absolute atomic E-state index is 13.5. The molecule has 2 N–H and O–H groups in total. The minimum atomic E-state index is -1.94. The normalized spacial score (nSPS) is 20.0. The fourth-order valence-electron chi connectivity index (χ4n) is 4.10. The second kappa shape index (κ2) is 7.28. The van der Waals surface area contributed by atoms with Crippen LogP contribution in [0, 0.1) is 5.92 Å². The number of hydrogen-bond acceptors (Lipinski definition) is 5. The van der Waals surface area contributed by atoms with Gasteiger partial charge in [-0.05, 0) is 30.3 Å². The fraction of sp³-hybridized carbons (Fsp3) is 0.227. The highest BCUT2D eigenvalue weighted by Gasteiger charge is 2.65. The molecule has 160 valence electrons. The summed E-state index contributed by atoms with van der Waals surface area (Å²) < 4.78 is 5.39. The Hall–Kier alpha value is -3.03. The molecule has 0 bridgehead atoms. The standard InChI is InChI=1S/C22H18Cl2N2O5/c1-10(2)18(27)17-19(28)20(29)26(15-9-12(24)5-7-16(15)31-3)22(17)13-6-4-11(23)8-14(13)25-21(22)30/h4-10,28H,1-3H3,(H,25,30). The molecule has 0 radical (unpaired) electrons. The van der Waals surface area contributed by atoms with Crippen LogP contribution < -0.4 is 15.0 Å². The molecule has 31 heavy (non-hydrogen) atoms. The maximum Gasteiger partial charge on any atom is 0.295 e. The van der Waals surface area contributed by atoms with E-state index in [0.29, 0.717) is 16.3 Å². The van der Waals surface area contributed by atoms with E-state index < -0.39 is 34.8 Å². The second-order valence-corrected chi connectivity index (χ2v) is 8.43. The van der Waals surface area contributed by atoms with Gasteiger partial charge in [-0.1, -0.05) is 43.1 Å². The molecule has 4 rings (SSSR count). The zero-order valence-electron chi connectivity index (χ0n) is 16.8. The Morgan fingerprint density at radius 2 is 1.77 bits per heavy atom. The minimum absolute atomic E-state index is 0.135. The Bertz CT molecular complexity index is 1190. The van der Waals surface area contributed by atoms with Gasteiger partial charge in [0.15, 0.2) is 17.1 Å². The van der Waals surface area contributed by atoms with E-state index in [1.807, 2.05) is 0 Å². The number of fused-ring (bicyclic) bond motifs is 2. The molecular formula is C22H18Cl2N2O5. The van der Waals surface area contributed by atoms with Crippen molar-refractivity contribution in [3.05, 3.63) is 63.3 Å². The Balaban J connectivity index is 2.11. The lowest BCUT2D eigenvalue weighted by atomic mass is 9.79. The molecule has 0 aromatic heterocycles. The van der Waals surface area contributed by atoms with Gasteiger partial charge in [-0.15, -0.1) is 0 Å². The number of ketones is 1. The third-order valence-corrected chi connectivity index (χ3v) is 5.91. The van der Waals surface area contributed by atoms with E-state index in [9.17, 15) is 19.5 Å². The third-order valence-electron chi connectivity index (χ3n) is 5.44. The molecule has 2 heterocycles. The number of hydrogen-bond donors (Lipinski definition) is 2. The third kappa shape index (κ3) is 2.84. The number of halogens is 2. The molecule has 2 amide bonds. The summed E-state index contributed by atoms with van der Waals surface area (Å²) in [6, 6.07) is 9.17. The number of amides is 2. The molecular weight excluding hydrogens is 443 g/mol. The quantitative estimate of drug-likeness (QED) is 0.711. The molecule has 9 heteroatoms. The Morgan fingerprint density at radius 1 is 1.13 bits per heavy atom. The SMILES string of the molecule is COc1ccc(Cl)cc1N1C(=O)C(O)=C(C(=O)C(C)C)C12C(=O)Nc1cc(Cl)ccc12. The maximum atomic E-state index is 13.5. The van der Waals surface area contributed by atoms with Gasteiger partial charge in [0.25, 0.3) is 11.8 Å². The van der Waals surface area contributed by atoms with Crippen LogP contribution in [-0.4, -0.2) is 29.8 Å². The number of carbonyl (C=O) groups is 3. The van der Waals surface area contributed by atoms with E-state index in [-0.39, 0.29) is 22.0 Å². The van der Waals surface area contributed by atoms with Crippen LogP contribution in [0.2, 0.25) is 10.0 Å². The number of nitrogens with zero attached hydrogens (tertiary/aromatic N) is 1. The molecule has 1 unspecified atom stereocenters. The van der Waals surface area contributed by atoms with Crippen molar-refractivity contribution in [2.75, 3.05) is 17.3 Å². The zero-order chi connectivity index (χ0) is 22.7. The number of rotatable bonds is 4. The first-order valence-corrected chi connectivity index (χ1v) is 10.2. The van der Waals surface area contributed by atoms with Crippen molar-refractivity contribution in [2.45, 2.75) is 19.4 Å². The Morgan fingerprint density at radius 3 is 2.42 bits per heavy atom. The Labute approximate surface area is 188 Å². The summed E-state index contributed by atoms with van der Waals surface area (Å²) in [6.07, 6.45) is 0. The highest BCUT2D eigenvalue weighted by Crippen LogP contribution is 2.54. The molecule has 0 saturated heterocycles. The molecule has 0 fully saturated rings. The number of aliphatic hydroxyl groups is 1. The summed E-state index contributed by atoms with van der Waals surface area (Å²) in [7, 11) is 1.40. The van der Waals surface area contributed by atoms with Crippen molar-refractivity contribution < 1.29 is 24.2 Å². The highest BCUT2D eigenvalue weighted by molar-refractivity contribution is 6.33. The van der Waals surface area contributed by atoms with Crippen LogP contribution in [0.3, 0.4) is 0 Å². The molecule has 0 saturated carbocycles. The summed E-state index contributed by atoms with van der Waals surface area (Å²) in [4.78, 5) is 41.2. The smallest absolute Gasteiger partial charge is 0.295 e. The average Bonchev–Trinajstić information content (AvgIpc) is 3.12. The molecule has 2 aliphatic heterocycles. The van der Waals surface area contributed by atoms with Crippen molar-refractivity contribution in [2.24, 2.45) is 5.92 Å². The summed E-state index contributed by atoms with van der Waals surface area (Å²) in [5.74, 6) is -3.27. The molecule has 1 spiro atoms. The summed E-state index contributed by atoms with van der Waals surface area (Å²) in [6.45, 7) is 3.25. The predicted octanol–water partition coefficient (Wildman–Crippen LogP) is 4.23. The molecule has 1 atom stereocenters. The van der Waals surface area contributed by atoms with E-state index in [1.54, 1.807) is 32.0 Å². The van der Waals surface area contributed by atoms with Crippen LogP contribution >= 0.6 is 23.2 Å². The first kappa shape index (κ1) is 21.2. The van der Waals surface area contributed by atoms with Gasteiger partial charge in [-0.2, -0.15) is 0 Å². The monoisotopic (exact) mass is 460 g/mol. The van der Waals surface area contributed by atoms with Crippen molar-refractivity contribution in [1.82, 2.24) is 0 Å². The van der Waals surface area contributed by atoms with E-state index in [4.69, 9.17) is 27.9 Å². The van der Waals surface area contributed by atoms with Crippen molar-refractivity contribution >= 4 is 52.2 Å². The lowest BCUT2D eigenvalue weighted by molar-refractivity contribution is -0.125. The van der Waals surface area contributed by atoms with Crippen molar-refractivity contribution in [1.29, 1.82) is 0 Å². The number of carbonyl (C=O) groups excluding carboxylic acids is 3. The van der Waals surface area contributed by atoms with Crippen LogP contribution in [0.4, 0.5) is 11.4 Å². The van der Waals surface area contributed by atoms with Gasteiger partial charge in [-0.3, -0.25) is 19.3 Å². The summed E-state index contributed by atoms with van der Waals surface area (Å²) >= 11 is 12.3. The number of methoxy groups -OCH3 is 1. The molecule has 2 aliphatic rings. The van der Waals surface area contributed by atoms with Gasteiger partial charge in [0, 0.05) is 27.2 Å². The zero-order valence-corrected chi connectivity index (χ0v) is 18.3. The van der Waals surface area contributed by atoms with Gasteiger partial charge in [0.1, 0.15) is 5.75 Å². The van der Waals surface area contributed by atoms with Gasteiger partial charge >= 0.3 is 0 Å². The van der Waals surface area contributed by atoms with Crippen LogP contribution in [0.5, 0.6) is 5.75 Å². The number of aliphatic hydroxyl groups excluding tert-OH is 1. The topological polar surface area (TPSA) is 95.9 Å². The number of Topliss-reactive ketones (excluding diaryl/α,β-unsaturated/α-hetero) is 1. The van der Waals surface area contributed by atoms with Gasteiger partial charge < -0.3 is 15.2 Å². The lowest BCUT2D eigenvalue weighted by Crippen LogP contribution is -2.52. The molecule has 2 aromatic rings. The van der Waals surface area contributed by atoms with E-state index in [1.165, 1.54) is 25.3 Å². The fourth-order valence-corrected chi connectivity index (χ4v) is 4.44. The minimum Gasteiger partial charge on any atom is -0.503 e. The Kier molecular flexibility index (Phi) is 4.98. The van der Waals surface area contributed by atoms with Crippen LogP contribution in [-0.2, 0) is 19.9 Å². The predicted molar refractivity (Wildman–Crippen MR) is 117 cm³/mol. The molecule has 0 aliphatic carbocycles. The van der Waals surface area contributed by atoms with E-state index in [2.05, 4.69) is 5.32 Å². The lowest BCUT2D eigenvalue weighted by Gasteiger charge is -2.36. The first-order valence-electron chi connectivity index (χ1n) is 9.42. The van der Waals surface area contributed by atoms with Crippen LogP contribution in [0.25, 0.3) is 0 Å². The van der Waals surface area contributed by atoms with Crippen LogP contribution in [0.15, 0.2) is 47.7 Å². The van der Waals surface area contributed by atoms with E-state index >= 15 is 0 Å². The first-order chi connectivity index (χ1) is 14.6. The highest BCUT2D eigenvalue weighted by atomic mass is 35.5. The number of anilines is 2. The molecule has 7 nitrogen and oxygen atoms in total. The number of ether oxygens (including phenoxy) is 1. The average molecular weight is 461 g/mol. The molecule has 2 aromatic carbocycles. The van der Waals surface area contributed by atoms with Crippen LogP contribution in [0.1, 0.15) is 19.4 Å². The van der Waals surface area contributed by atoms with E-state index in [0.717, 1.165) is 4.90 Å². The number of nitrogens with one attached hydrogen (secondary N) is 1. The van der Waals surface area contributed by atoms with Crippen molar-refractivity contribution in [3.63, 3.8) is 0 Å². The summed E-state index contributed by atoms with van der Waals surface area (Å²) in [5.41, 5.74) is -1.46. The van der Waals surface area contributed by atoms with Gasteiger partial charge in [-0.25, -0.2) is 0 Å². The van der Waals surface area contributed by atoms with Gasteiger partial charge in [0.05, 0.1) is 18.4 Å². The summed E-state index contributed by atoms with van der Waals surface area (Å²) in [5, 5.41) is 14.2. The second-order valence-electron chi connectivity index (χ2n) is 7.55. The van der Waals surface area contributed by atoms with Crippen molar-refractivity contribution in [3.8, 4) is 5.75 Å².